The summed E-state index contributed by atoms with van der Waals surface area (Å²) in [7, 11) is -3.39. The molecule has 7 N–H and O–H groups in total. The third-order valence-corrected chi connectivity index (χ3v) is 6.38. The summed E-state index contributed by atoms with van der Waals surface area (Å²) < 4.78 is 23.3. The first kappa shape index (κ1) is 22.8. The molecule has 0 radical (unpaired) electrons. The lowest BCUT2D eigenvalue weighted by molar-refractivity contribution is 0.0691. The number of hydrogen-bond donors (Lipinski definition) is 7. The van der Waals surface area contributed by atoms with Crippen LogP contribution in [0.5, 0.6) is 5.75 Å². The van der Waals surface area contributed by atoms with Gasteiger partial charge in [0.05, 0.1) is 17.7 Å². The van der Waals surface area contributed by atoms with Crippen LogP contribution < -0.4 is 14.3 Å². The molecule has 0 saturated carbocycles. The Bertz CT molecular complexity index is 970. The van der Waals surface area contributed by atoms with Crippen LogP contribution in [-0.4, -0.2) is 55.6 Å². The predicted octanol–water partition coefficient (Wildman–Crippen LogP) is 2.15. The number of aromatic hydroxyl groups is 1. The fraction of sp³-hybridized carbons (Fsp3) is 0.300. The molecule has 1 fully saturated rings. The number of carbonyl (C=O) groups is 2. The number of unbranched alkanes of at least 4 members (excludes halogenated alkanes) is 1. The lowest BCUT2D eigenvalue weighted by Crippen LogP contribution is -2.26. The van der Waals surface area contributed by atoms with Crippen LogP contribution in [0.4, 0.5) is 5.69 Å². The minimum atomic E-state index is -3.39. The van der Waals surface area contributed by atoms with Crippen molar-refractivity contribution in [2.24, 2.45) is 0 Å². The van der Waals surface area contributed by atoms with E-state index in [-0.39, 0.29) is 29.1 Å². The number of aliphatic hydroxyl groups is 1. The zero-order valence-corrected chi connectivity index (χ0v) is 17.4. The molecule has 10 nitrogen and oxygen atoms in total. The van der Waals surface area contributed by atoms with Gasteiger partial charge in [0.1, 0.15) is 17.7 Å². The van der Waals surface area contributed by atoms with Gasteiger partial charge in [-0.2, -0.15) is 4.72 Å². The van der Waals surface area contributed by atoms with Gasteiger partial charge < -0.3 is 20.6 Å². The monoisotopic (exact) mass is 451 g/mol. The van der Waals surface area contributed by atoms with Crippen molar-refractivity contribution < 1.29 is 34.0 Å². The Morgan fingerprint density at radius 1 is 1.13 bits per heavy atom. The number of nitrogens with one attached hydrogen (secondary N) is 2. The zero-order valence-electron chi connectivity index (χ0n) is 16.6. The van der Waals surface area contributed by atoms with E-state index in [4.69, 9.17) is 5.11 Å². The number of benzene rings is 2. The third-order valence-electron chi connectivity index (χ3n) is 4.83. The first-order valence-electron chi connectivity index (χ1n) is 9.62. The van der Waals surface area contributed by atoms with E-state index >= 15 is 0 Å². The number of phenols is 1. The van der Waals surface area contributed by atoms with Crippen LogP contribution in [0.15, 0.2) is 42.5 Å². The molecule has 0 aliphatic carbocycles. The summed E-state index contributed by atoms with van der Waals surface area (Å²) in [5.41, 5.74) is 1.10. The highest BCUT2D eigenvalue weighted by molar-refractivity contribution is 8.24. The van der Waals surface area contributed by atoms with Gasteiger partial charge in [0, 0.05) is 6.54 Å². The van der Waals surface area contributed by atoms with E-state index in [2.05, 4.69) is 10.0 Å². The molecule has 1 unspecified atom stereocenters. The van der Waals surface area contributed by atoms with Crippen molar-refractivity contribution in [1.82, 2.24) is 10.0 Å². The van der Waals surface area contributed by atoms with E-state index in [1.807, 2.05) is 0 Å². The molecule has 11 heteroatoms. The highest BCUT2D eigenvalue weighted by Gasteiger charge is 2.36. The number of aryl methyl sites for hydroxylation is 1. The lowest BCUT2D eigenvalue weighted by Gasteiger charge is -2.36. The fourth-order valence-corrected chi connectivity index (χ4v) is 4.68. The topological polar surface area (TPSA) is 163 Å². The van der Waals surface area contributed by atoms with Gasteiger partial charge in [0.2, 0.25) is 0 Å². The Labute approximate surface area is 180 Å². The molecule has 1 atom stereocenters. The largest absolute Gasteiger partial charge is 0.506 e. The number of aromatic carboxylic acids is 1. The average Bonchev–Trinajstić information content (AvgIpc) is 2.99. The molecular weight excluding hydrogens is 426 g/mol. The number of carboxylic acid groups (broad SMARTS) is 1. The molecule has 0 aromatic heterocycles. The van der Waals surface area contributed by atoms with Crippen LogP contribution in [0.3, 0.4) is 0 Å². The highest BCUT2D eigenvalue weighted by Crippen LogP contribution is 2.49. The molecule has 2 aromatic rings. The molecule has 1 aliphatic heterocycles. The summed E-state index contributed by atoms with van der Waals surface area (Å²) in [5, 5.41) is 31.7. The number of amides is 1. The number of β-amino-alcohol motifs (C(OH)–C–C–N with tert-alkyl or cyclic N) is 1. The summed E-state index contributed by atoms with van der Waals surface area (Å²) in [4.78, 5) is 23.4. The van der Waals surface area contributed by atoms with Crippen LogP contribution in [0.1, 0.15) is 39.1 Å². The number of aliphatic hydroxyl groups excluding tert-OH is 1. The normalized spacial score (nSPS) is 18.5. The van der Waals surface area contributed by atoms with Crippen LogP contribution in [-0.2, 0) is 6.42 Å². The highest BCUT2D eigenvalue weighted by atomic mass is 32.3. The number of hydrogen-bond acceptors (Lipinski definition) is 8. The van der Waals surface area contributed by atoms with Gasteiger partial charge in [0.15, 0.2) is 0 Å². The lowest BCUT2D eigenvalue weighted by atomic mass is 10.1. The van der Waals surface area contributed by atoms with Crippen molar-refractivity contribution in [1.29, 1.82) is 0 Å². The molecule has 0 spiro atoms. The number of nitrogens with zero attached hydrogens (tertiary/aromatic N) is 1. The number of rotatable bonds is 8. The van der Waals surface area contributed by atoms with Gasteiger partial charge in [-0.25, -0.2) is 4.79 Å². The predicted molar refractivity (Wildman–Crippen MR) is 116 cm³/mol. The Morgan fingerprint density at radius 2 is 1.84 bits per heavy atom. The van der Waals surface area contributed by atoms with E-state index in [1.54, 1.807) is 24.3 Å². The Balaban J connectivity index is 1.49. The van der Waals surface area contributed by atoms with E-state index in [0.29, 0.717) is 25.8 Å². The summed E-state index contributed by atoms with van der Waals surface area (Å²) in [6.45, 7) is 0.301. The number of anilines is 1. The second kappa shape index (κ2) is 9.54. The Kier molecular flexibility index (Phi) is 7.03. The maximum atomic E-state index is 12.2. The summed E-state index contributed by atoms with van der Waals surface area (Å²) in [5.74, 6) is -1.73. The van der Waals surface area contributed by atoms with Gasteiger partial charge in [-0.1, -0.05) is 29.2 Å². The van der Waals surface area contributed by atoms with Crippen LogP contribution in [0.2, 0.25) is 0 Å². The summed E-state index contributed by atoms with van der Waals surface area (Å²) >= 11 is 0. The number of phenolic OH excluding ortho intramolecular Hbond substituents is 1. The van der Waals surface area contributed by atoms with Crippen molar-refractivity contribution in [3.05, 3.63) is 59.2 Å². The van der Waals surface area contributed by atoms with E-state index < -0.39 is 29.1 Å². The zero-order chi connectivity index (χ0) is 22.6. The molecule has 1 heterocycles. The molecule has 168 valence electrons. The fourth-order valence-electron chi connectivity index (χ4n) is 3.33. The number of carboxylic acids is 1. The molecule has 3 rings (SSSR count). The van der Waals surface area contributed by atoms with Crippen molar-refractivity contribution in [2.75, 3.05) is 17.4 Å². The maximum Gasteiger partial charge on any atom is 0.336 e. The summed E-state index contributed by atoms with van der Waals surface area (Å²) in [6.07, 6.45) is 0.860. The first-order chi connectivity index (χ1) is 14.7. The second-order valence-corrected chi connectivity index (χ2v) is 8.81. The summed E-state index contributed by atoms with van der Waals surface area (Å²) in [6, 6.07) is 10.8. The number of carbonyl (C=O) groups excluding carboxylic acids is 1. The van der Waals surface area contributed by atoms with E-state index in [1.165, 1.54) is 18.2 Å². The SMILES string of the molecule is O=C(O)c1ccccc1C(=O)NCCCCc1ccc(N2CC(O)NS2(O)O)c(O)c1. The van der Waals surface area contributed by atoms with Crippen molar-refractivity contribution >= 4 is 28.5 Å². The van der Waals surface area contributed by atoms with Crippen LogP contribution >= 0.6 is 11.0 Å². The van der Waals surface area contributed by atoms with Gasteiger partial charge in [-0.3, -0.25) is 18.2 Å². The van der Waals surface area contributed by atoms with Gasteiger partial charge in [-0.05, 0) is 49.1 Å². The third kappa shape index (κ3) is 5.46. The molecule has 2 aromatic carbocycles. The van der Waals surface area contributed by atoms with E-state index in [9.17, 15) is 28.9 Å². The maximum absolute atomic E-state index is 12.2. The minimum absolute atomic E-state index is 0.0482. The molecule has 31 heavy (non-hydrogen) atoms. The van der Waals surface area contributed by atoms with Crippen LogP contribution in [0, 0.1) is 0 Å². The average molecular weight is 452 g/mol. The smallest absolute Gasteiger partial charge is 0.336 e. The Hall–Kier alpha value is -2.83. The standard InChI is InChI=1S/C20H25N3O7S/c24-17-11-13(8-9-16(17)23-12-18(25)22-31(23,29)30)5-3-4-10-21-19(26)14-6-1-2-7-15(14)20(27)28/h1-2,6-9,11,18,22,24-25,29-30H,3-5,10,12H2,(H,21,26)(H,27,28). The van der Waals surface area contributed by atoms with Crippen molar-refractivity contribution in [2.45, 2.75) is 25.5 Å². The second-order valence-electron chi connectivity index (χ2n) is 7.10. The van der Waals surface area contributed by atoms with E-state index in [0.717, 1.165) is 9.87 Å². The van der Waals surface area contributed by atoms with Gasteiger partial charge in [0.25, 0.3) is 5.91 Å². The van der Waals surface area contributed by atoms with Crippen molar-refractivity contribution in [3.8, 4) is 5.75 Å². The quantitative estimate of drug-likeness (QED) is 0.298. The molecular formula is C20H25N3O7S. The van der Waals surface area contributed by atoms with Gasteiger partial charge >= 0.3 is 5.97 Å². The molecule has 1 amide bonds. The van der Waals surface area contributed by atoms with Crippen LogP contribution in [0.25, 0.3) is 0 Å². The minimum Gasteiger partial charge on any atom is -0.506 e. The molecule has 1 aliphatic rings. The van der Waals surface area contributed by atoms with Gasteiger partial charge in [-0.15, -0.1) is 0 Å². The molecule has 0 bridgehead atoms. The van der Waals surface area contributed by atoms with Crippen molar-refractivity contribution in [3.63, 3.8) is 0 Å². The first-order valence-corrected chi connectivity index (χ1v) is 11.1. The molecule has 1 saturated heterocycles. The Morgan fingerprint density at radius 3 is 2.45 bits per heavy atom.